The minimum Gasteiger partial charge on any atom is -0.508 e. The van der Waals surface area contributed by atoms with Crippen LogP contribution in [0.3, 0.4) is 0 Å². The summed E-state index contributed by atoms with van der Waals surface area (Å²) in [7, 11) is 0. The number of nitrogens with one attached hydrogen (secondary N) is 2. The Morgan fingerprint density at radius 1 is 0.750 bits per heavy atom. The Bertz CT molecular complexity index is 1840. The highest BCUT2D eigenvalue weighted by Crippen LogP contribution is 2.20. The average molecular weight is 646 g/mol. The quantitative estimate of drug-likeness (QED) is 0.101. The zero-order valence-electron chi connectivity index (χ0n) is 26.5. The van der Waals surface area contributed by atoms with Gasteiger partial charge in [0.15, 0.2) is 0 Å². The van der Waals surface area contributed by atoms with Crippen molar-refractivity contribution in [1.82, 2.24) is 15.5 Å². The second-order valence-corrected chi connectivity index (χ2v) is 11.5. The van der Waals surface area contributed by atoms with Gasteiger partial charge < -0.3 is 30.5 Å². The molecule has 0 radical (unpaired) electrons. The van der Waals surface area contributed by atoms with Crippen molar-refractivity contribution in [3.05, 3.63) is 144 Å². The molecule has 48 heavy (non-hydrogen) atoms. The molecule has 0 heterocycles. The van der Waals surface area contributed by atoms with Crippen molar-refractivity contribution in [3.8, 4) is 11.5 Å². The van der Waals surface area contributed by atoms with Gasteiger partial charge in [-0.2, -0.15) is 0 Å². The number of para-hydroxylation sites is 2. The molecule has 5 aromatic rings. The second kappa shape index (κ2) is 16.6. The van der Waals surface area contributed by atoms with Crippen LogP contribution in [0.25, 0.3) is 10.8 Å². The fourth-order valence-electron chi connectivity index (χ4n) is 5.54. The Morgan fingerprint density at radius 3 is 2.29 bits per heavy atom. The number of carbonyl (C=O) groups excluding carboxylic acids is 2. The van der Waals surface area contributed by atoms with E-state index in [0.717, 1.165) is 27.6 Å². The molecule has 5 rings (SSSR count). The van der Waals surface area contributed by atoms with E-state index in [2.05, 4.69) is 10.6 Å². The van der Waals surface area contributed by atoms with Crippen molar-refractivity contribution in [2.45, 2.75) is 31.8 Å². The normalized spacial score (nSPS) is 11.4. The zero-order chi connectivity index (χ0) is 33.7. The van der Waals surface area contributed by atoms with Crippen LogP contribution in [0.1, 0.15) is 33.5 Å². The summed E-state index contributed by atoms with van der Waals surface area (Å²) in [5, 5.41) is 26.8. The summed E-state index contributed by atoms with van der Waals surface area (Å²) >= 11 is 0. The average Bonchev–Trinajstić information content (AvgIpc) is 3.11. The van der Waals surface area contributed by atoms with Crippen molar-refractivity contribution < 1.29 is 29.3 Å². The Morgan fingerprint density at radius 2 is 1.50 bits per heavy atom. The minimum absolute atomic E-state index is 0.0427. The predicted octanol–water partition coefficient (Wildman–Crippen LogP) is 6.19. The van der Waals surface area contributed by atoms with E-state index in [1.165, 1.54) is 0 Å². The van der Waals surface area contributed by atoms with E-state index < -0.39 is 18.0 Å². The van der Waals surface area contributed by atoms with Crippen LogP contribution in [0.4, 0.5) is 4.79 Å². The molecule has 0 aliphatic carbocycles. The first kappa shape index (κ1) is 33.5. The lowest BCUT2D eigenvalue weighted by molar-refractivity contribution is -0.133. The number of amides is 3. The summed E-state index contributed by atoms with van der Waals surface area (Å²) in [5.41, 5.74) is 2.54. The number of phenols is 1. The molecule has 5 aromatic carbocycles. The summed E-state index contributed by atoms with van der Waals surface area (Å²) in [5.74, 6) is 0.206. The number of carbonyl (C=O) groups is 3. The molecule has 0 aliphatic rings. The maximum absolute atomic E-state index is 14.4. The first-order valence-corrected chi connectivity index (χ1v) is 15.9. The van der Waals surface area contributed by atoms with E-state index in [1.54, 1.807) is 41.3 Å². The molecule has 9 heteroatoms. The third kappa shape index (κ3) is 9.59. The van der Waals surface area contributed by atoms with Crippen LogP contribution in [0, 0.1) is 0 Å². The molecule has 246 valence electrons. The number of nitrogens with zero attached hydrogens (tertiary/aromatic N) is 1. The number of phenolic OH excluding ortho intramolecular Hbond substituents is 1. The van der Waals surface area contributed by atoms with Gasteiger partial charge in [0.2, 0.25) is 5.91 Å². The van der Waals surface area contributed by atoms with E-state index in [9.17, 15) is 19.5 Å². The number of aromatic hydroxyl groups is 1. The van der Waals surface area contributed by atoms with Crippen LogP contribution in [0.15, 0.2) is 121 Å². The number of ether oxygens (including phenoxy) is 1. The number of benzene rings is 5. The number of hydrogen-bond donors (Lipinski definition) is 4. The molecule has 0 bridgehead atoms. The van der Waals surface area contributed by atoms with Crippen LogP contribution < -0.4 is 15.4 Å². The zero-order valence-corrected chi connectivity index (χ0v) is 26.5. The second-order valence-electron chi connectivity index (χ2n) is 11.5. The van der Waals surface area contributed by atoms with Gasteiger partial charge in [0.25, 0.3) is 5.91 Å². The highest BCUT2D eigenvalue weighted by atomic mass is 16.5. The van der Waals surface area contributed by atoms with E-state index in [-0.39, 0.29) is 24.6 Å². The Kier molecular flexibility index (Phi) is 11.6. The van der Waals surface area contributed by atoms with Gasteiger partial charge in [0.05, 0.1) is 6.61 Å². The van der Waals surface area contributed by atoms with Crippen LogP contribution in [-0.4, -0.2) is 58.8 Å². The summed E-state index contributed by atoms with van der Waals surface area (Å²) in [4.78, 5) is 40.8. The first-order chi connectivity index (χ1) is 23.4. The third-order valence-corrected chi connectivity index (χ3v) is 8.03. The van der Waals surface area contributed by atoms with Crippen molar-refractivity contribution in [2.24, 2.45) is 0 Å². The van der Waals surface area contributed by atoms with E-state index in [0.29, 0.717) is 43.7 Å². The fraction of sp³-hybridized carbons (Fsp3) is 0.205. The summed E-state index contributed by atoms with van der Waals surface area (Å²) in [6, 6.07) is 36.2. The Hall–Kier alpha value is -5.83. The smallest absolute Gasteiger partial charge is 0.404 e. The van der Waals surface area contributed by atoms with Gasteiger partial charge in [-0.05, 0) is 70.6 Å². The number of hydrogen-bond acceptors (Lipinski definition) is 5. The number of fused-ring (bicyclic) bond motifs is 1. The molecule has 0 aromatic heterocycles. The molecule has 0 spiro atoms. The summed E-state index contributed by atoms with van der Waals surface area (Å²) in [6.07, 6.45) is 0.0663. The fourth-order valence-corrected chi connectivity index (χ4v) is 5.54. The van der Waals surface area contributed by atoms with Crippen LogP contribution >= 0.6 is 0 Å². The molecule has 4 N–H and O–H groups in total. The summed E-state index contributed by atoms with van der Waals surface area (Å²) < 4.78 is 5.89. The molecule has 0 saturated carbocycles. The Labute approximate surface area is 279 Å². The van der Waals surface area contributed by atoms with Gasteiger partial charge >= 0.3 is 6.09 Å². The standard InChI is InChI=1S/C39H39N3O6/c43-36-17-7-6-12-31(36)20-22-42(21-9-23-48-34-15-2-1-3-16-34)38(45)35(26-28-18-19-30-11-4-5-13-32(30)24-28)41-37(44)33-14-8-10-29(25-33)27-40-39(46)47/h1-8,10-19,24-25,35,40,43H,9,20-23,26-27H2,(H,41,44)(H,46,47). The van der Waals surface area contributed by atoms with Gasteiger partial charge in [-0.3, -0.25) is 9.59 Å². The Balaban J connectivity index is 1.39. The molecule has 0 saturated heterocycles. The topological polar surface area (TPSA) is 128 Å². The molecule has 1 unspecified atom stereocenters. The maximum atomic E-state index is 14.4. The van der Waals surface area contributed by atoms with E-state index >= 15 is 0 Å². The predicted molar refractivity (Wildman–Crippen MR) is 185 cm³/mol. The molecular formula is C39H39N3O6. The monoisotopic (exact) mass is 645 g/mol. The van der Waals surface area contributed by atoms with Gasteiger partial charge in [0, 0.05) is 31.6 Å². The van der Waals surface area contributed by atoms with Crippen LogP contribution in [0.2, 0.25) is 0 Å². The lowest BCUT2D eigenvalue weighted by atomic mass is 10.00. The first-order valence-electron chi connectivity index (χ1n) is 15.9. The van der Waals surface area contributed by atoms with Gasteiger partial charge in [-0.15, -0.1) is 0 Å². The molecule has 1 atom stereocenters. The van der Waals surface area contributed by atoms with Gasteiger partial charge in [0.1, 0.15) is 17.5 Å². The summed E-state index contributed by atoms with van der Waals surface area (Å²) in [6.45, 7) is 1.13. The largest absolute Gasteiger partial charge is 0.508 e. The SMILES string of the molecule is O=C(O)NCc1cccc(C(=O)NC(Cc2ccc3ccccc3c2)C(=O)N(CCCOc2ccccc2)CCc2ccccc2O)c1. The van der Waals surface area contributed by atoms with Crippen molar-refractivity contribution in [3.63, 3.8) is 0 Å². The van der Waals surface area contributed by atoms with Crippen molar-refractivity contribution >= 4 is 28.7 Å². The molecule has 9 nitrogen and oxygen atoms in total. The van der Waals surface area contributed by atoms with Gasteiger partial charge in [-0.1, -0.05) is 91.0 Å². The lowest BCUT2D eigenvalue weighted by Crippen LogP contribution is -2.50. The maximum Gasteiger partial charge on any atom is 0.404 e. The molecule has 3 amide bonds. The van der Waals surface area contributed by atoms with E-state index in [1.807, 2.05) is 84.9 Å². The van der Waals surface area contributed by atoms with Crippen molar-refractivity contribution in [1.29, 1.82) is 0 Å². The number of carboxylic acid groups (broad SMARTS) is 1. The molecule has 0 fully saturated rings. The molecule has 0 aliphatic heterocycles. The highest BCUT2D eigenvalue weighted by molar-refractivity contribution is 5.98. The highest BCUT2D eigenvalue weighted by Gasteiger charge is 2.27. The number of rotatable bonds is 15. The third-order valence-electron chi connectivity index (χ3n) is 8.03. The molecular weight excluding hydrogens is 606 g/mol. The van der Waals surface area contributed by atoms with Crippen LogP contribution in [0.5, 0.6) is 11.5 Å². The van der Waals surface area contributed by atoms with Gasteiger partial charge in [-0.25, -0.2) is 4.79 Å². The lowest BCUT2D eigenvalue weighted by Gasteiger charge is -2.28. The van der Waals surface area contributed by atoms with Crippen molar-refractivity contribution in [2.75, 3.05) is 19.7 Å². The minimum atomic E-state index is -1.16. The van der Waals surface area contributed by atoms with E-state index in [4.69, 9.17) is 9.84 Å². The van der Waals surface area contributed by atoms with Crippen LogP contribution in [-0.2, 0) is 24.2 Å².